The van der Waals surface area contributed by atoms with Gasteiger partial charge in [0.15, 0.2) is 0 Å². The number of halogens is 2. The van der Waals surface area contributed by atoms with Crippen LogP contribution < -0.4 is 20.7 Å². The van der Waals surface area contributed by atoms with Gasteiger partial charge in [0.05, 0.1) is 23.5 Å². The fourth-order valence-corrected chi connectivity index (χ4v) is 2.57. The summed E-state index contributed by atoms with van der Waals surface area (Å²) in [6.45, 7) is 3.11. The molecule has 0 aliphatic carbocycles. The van der Waals surface area contributed by atoms with E-state index in [-0.39, 0.29) is 11.8 Å². The number of rotatable bonds is 6. The van der Waals surface area contributed by atoms with E-state index in [0.717, 1.165) is 0 Å². The van der Waals surface area contributed by atoms with Gasteiger partial charge in [-0.2, -0.15) is 0 Å². The first-order valence-corrected chi connectivity index (χ1v) is 8.54. The van der Waals surface area contributed by atoms with Crippen molar-refractivity contribution in [1.29, 1.82) is 0 Å². The van der Waals surface area contributed by atoms with E-state index in [2.05, 4.69) is 16.0 Å². The Morgan fingerprint density at radius 2 is 1.77 bits per heavy atom. The molecule has 138 valence electrons. The summed E-state index contributed by atoms with van der Waals surface area (Å²) < 4.78 is 5.29. The van der Waals surface area contributed by atoms with Crippen molar-refractivity contribution in [3.8, 4) is 5.75 Å². The van der Waals surface area contributed by atoms with Crippen LogP contribution in [0.25, 0.3) is 0 Å². The molecule has 6 nitrogen and oxygen atoms in total. The van der Waals surface area contributed by atoms with Gasteiger partial charge < -0.3 is 20.7 Å². The number of carbonyl (C=O) groups excluding carboxylic acids is 2. The smallest absolute Gasteiger partial charge is 0.246 e. The van der Waals surface area contributed by atoms with Gasteiger partial charge in [-0.3, -0.25) is 9.59 Å². The zero-order valence-corrected chi connectivity index (χ0v) is 16.0. The van der Waals surface area contributed by atoms with Crippen LogP contribution in [0, 0.1) is 0 Å². The molecule has 0 bridgehead atoms. The number of hydrogen-bond acceptors (Lipinski definition) is 4. The highest BCUT2D eigenvalue weighted by atomic mass is 35.5. The van der Waals surface area contributed by atoms with Crippen molar-refractivity contribution in [1.82, 2.24) is 0 Å². The maximum atomic E-state index is 12.5. The lowest BCUT2D eigenvalue weighted by Gasteiger charge is -2.18. The number of hydrogen-bond donors (Lipinski definition) is 3. The van der Waals surface area contributed by atoms with Crippen molar-refractivity contribution in [2.75, 3.05) is 23.1 Å². The van der Waals surface area contributed by atoms with Gasteiger partial charge >= 0.3 is 0 Å². The molecule has 0 spiro atoms. The number of carbonyl (C=O) groups is 2. The van der Waals surface area contributed by atoms with Crippen LogP contribution in [0.3, 0.4) is 0 Å². The quantitative estimate of drug-likeness (QED) is 0.676. The van der Waals surface area contributed by atoms with Crippen LogP contribution >= 0.6 is 23.2 Å². The molecule has 0 saturated carbocycles. The van der Waals surface area contributed by atoms with E-state index in [1.54, 1.807) is 43.3 Å². The summed E-state index contributed by atoms with van der Waals surface area (Å²) in [7, 11) is 1.52. The van der Waals surface area contributed by atoms with Gasteiger partial charge in [-0.1, -0.05) is 23.2 Å². The van der Waals surface area contributed by atoms with E-state index >= 15 is 0 Å². The number of nitrogens with one attached hydrogen (secondary N) is 3. The molecule has 1 atom stereocenters. The van der Waals surface area contributed by atoms with E-state index in [1.165, 1.54) is 14.0 Å². The number of benzene rings is 2. The number of anilines is 3. The third kappa shape index (κ3) is 5.28. The summed E-state index contributed by atoms with van der Waals surface area (Å²) in [6, 6.07) is 9.32. The Morgan fingerprint density at radius 3 is 2.42 bits per heavy atom. The highest BCUT2D eigenvalue weighted by molar-refractivity contribution is 6.35. The first-order chi connectivity index (χ1) is 12.3. The number of amides is 2. The summed E-state index contributed by atoms with van der Waals surface area (Å²) in [4.78, 5) is 23.7. The van der Waals surface area contributed by atoms with Crippen molar-refractivity contribution in [3.05, 3.63) is 46.4 Å². The molecule has 2 aromatic rings. The molecule has 2 amide bonds. The Kier molecular flexibility index (Phi) is 6.71. The van der Waals surface area contributed by atoms with Gasteiger partial charge in [0.1, 0.15) is 11.8 Å². The number of methoxy groups -OCH3 is 1. The lowest BCUT2D eigenvalue weighted by Crippen LogP contribution is -2.32. The Morgan fingerprint density at radius 1 is 1.04 bits per heavy atom. The zero-order chi connectivity index (χ0) is 19.3. The third-order valence-electron chi connectivity index (χ3n) is 3.47. The average molecular weight is 396 g/mol. The van der Waals surface area contributed by atoms with Crippen LogP contribution in [0.1, 0.15) is 13.8 Å². The molecular formula is C18H19Cl2N3O3. The molecule has 0 radical (unpaired) electrons. The van der Waals surface area contributed by atoms with E-state index < -0.39 is 6.04 Å². The molecule has 26 heavy (non-hydrogen) atoms. The van der Waals surface area contributed by atoms with Crippen molar-refractivity contribution in [2.45, 2.75) is 19.9 Å². The molecule has 0 aromatic heterocycles. The molecule has 2 aromatic carbocycles. The minimum absolute atomic E-state index is 0.192. The van der Waals surface area contributed by atoms with Crippen molar-refractivity contribution >= 4 is 52.1 Å². The van der Waals surface area contributed by atoms with Crippen LogP contribution in [0.15, 0.2) is 36.4 Å². The molecule has 0 saturated heterocycles. The first kappa shape index (κ1) is 19.9. The van der Waals surface area contributed by atoms with E-state index in [0.29, 0.717) is 32.9 Å². The predicted octanol–water partition coefficient (Wildman–Crippen LogP) is 4.40. The molecule has 0 heterocycles. The Hall–Kier alpha value is -2.44. The fourth-order valence-electron chi connectivity index (χ4n) is 2.23. The van der Waals surface area contributed by atoms with Gasteiger partial charge in [0.2, 0.25) is 11.8 Å². The second-order valence-corrected chi connectivity index (χ2v) is 6.42. The molecule has 0 fully saturated rings. The second kappa shape index (κ2) is 8.78. The number of ether oxygens (including phenoxy) is 1. The van der Waals surface area contributed by atoms with Gasteiger partial charge in [0.25, 0.3) is 0 Å². The van der Waals surface area contributed by atoms with Crippen LogP contribution in [-0.4, -0.2) is 25.0 Å². The fraction of sp³-hybridized carbons (Fsp3) is 0.222. The van der Waals surface area contributed by atoms with Gasteiger partial charge in [0, 0.05) is 17.6 Å². The third-order valence-corrected chi connectivity index (χ3v) is 4.04. The normalized spacial score (nSPS) is 11.4. The lowest BCUT2D eigenvalue weighted by molar-refractivity contribution is -0.116. The molecule has 3 N–H and O–H groups in total. The topological polar surface area (TPSA) is 79.5 Å². The van der Waals surface area contributed by atoms with E-state index in [1.807, 2.05) is 0 Å². The summed E-state index contributed by atoms with van der Waals surface area (Å²) >= 11 is 12.0. The highest BCUT2D eigenvalue weighted by Gasteiger charge is 2.17. The Bertz CT molecular complexity index is 827. The average Bonchev–Trinajstić information content (AvgIpc) is 2.57. The van der Waals surface area contributed by atoms with Gasteiger partial charge in [-0.15, -0.1) is 0 Å². The van der Waals surface area contributed by atoms with Gasteiger partial charge in [-0.25, -0.2) is 0 Å². The molecule has 0 unspecified atom stereocenters. The molecular weight excluding hydrogens is 377 g/mol. The molecule has 0 aliphatic heterocycles. The van der Waals surface area contributed by atoms with Crippen LogP contribution in [0.4, 0.5) is 17.1 Å². The second-order valence-electron chi connectivity index (χ2n) is 5.58. The summed E-state index contributed by atoms with van der Waals surface area (Å²) in [5, 5.41) is 9.33. The van der Waals surface area contributed by atoms with Gasteiger partial charge in [-0.05, 0) is 43.3 Å². The predicted molar refractivity (Wildman–Crippen MR) is 105 cm³/mol. The van der Waals surface area contributed by atoms with E-state index in [9.17, 15) is 9.59 Å². The first-order valence-electron chi connectivity index (χ1n) is 7.78. The molecule has 0 aliphatic rings. The largest absolute Gasteiger partial charge is 0.495 e. The zero-order valence-electron chi connectivity index (χ0n) is 14.5. The van der Waals surface area contributed by atoms with E-state index in [4.69, 9.17) is 27.9 Å². The summed E-state index contributed by atoms with van der Waals surface area (Å²) in [6.07, 6.45) is 0. The van der Waals surface area contributed by atoms with Crippen molar-refractivity contribution in [3.63, 3.8) is 0 Å². The van der Waals surface area contributed by atoms with Crippen molar-refractivity contribution in [2.24, 2.45) is 0 Å². The minimum Gasteiger partial charge on any atom is -0.495 e. The van der Waals surface area contributed by atoms with Crippen LogP contribution in [0.2, 0.25) is 10.0 Å². The SMILES string of the molecule is COc1ccc(NC(C)=O)cc1N[C@@H](C)C(=O)Nc1cc(Cl)ccc1Cl. The van der Waals surface area contributed by atoms with Crippen molar-refractivity contribution < 1.29 is 14.3 Å². The molecule has 8 heteroatoms. The summed E-state index contributed by atoms with van der Waals surface area (Å²) in [5.74, 6) is 0.0446. The monoisotopic (exact) mass is 395 g/mol. The minimum atomic E-state index is -0.605. The highest BCUT2D eigenvalue weighted by Crippen LogP contribution is 2.29. The van der Waals surface area contributed by atoms with Crippen LogP contribution in [-0.2, 0) is 9.59 Å². The Labute approximate surface area is 161 Å². The summed E-state index contributed by atoms with van der Waals surface area (Å²) in [5.41, 5.74) is 1.58. The maximum absolute atomic E-state index is 12.5. The molecule has 2 rings (SSSR count). The lowest BCUT2D eigenvalue weighted by atomic mass is 10.2. The Balaban J connectivity index is 2.14. The maximum Gasteiger partial charge on any atom is 0.246 e. The standard InChI is InChI=1S/C18H19Cl2N3O3/c1-10(18(25)23-15-8-12(19)4-6-14(15)20)21-16-9-13(22-11(2)24)5-7-17(16)26-3/h4-10,21H,1-3H3,(H,22,24)(H,23,25)/t10-/m0/s1. The van der Waals surface area contributed by atoms with Crippen LogP contribution in [0.5, 0.6) is 5.75 Å².